The van der Waals surface area contributed by atoms with Gasteiger partial charge < -0.3 is 9.88 Å². The molecule has 176 valence electrons. The molecule has 0 unspecified atom stereocenters. The monoisotopic (exact) mass is 467 g/mol. The van der Waals surface area contributed by atoms with E-state index in [0.29, 0.717) is 12.6 Å². The number of carbonyl (C=O) groups is 1. The second-order valence-electron chi connectivity index (χ2n) is 8.38. The highest BCUT2D eigenvalue weighted by Crippen LogP contribution is 2.15. The molecule has 4 rings (SSSR count). The first-order valence-electron chi connectivity index (χ1n) is 10.7. The lowest BCUT2D eigenvalue weighted by atomic mass is 10.2. The van der Waals surface area contributed by atoms with Gasteiger partial charge in [0.25, 0.3) is 5.56 Å². The maximum Gasteiger partial charge on any atom is 0.333 e. The van der Waals surface area contributed by atoms with Crippen molar-refractivity contribution in [1.82, 2.24) is 18.7 Å². The predicted molar refractivity (Wildman–Crippen MR) is 124 cm³/mol. The minimum absolute atomic E-state index is 0.142. The highest BCUT2D eigenvalue weighted by atomic mass is 19.1. The number of hydrogen-bond acceptors (Lipinski definition) is 4. The van der Waals surface area contributed by atoms with Crippen LogP contribution in [-0.2, 0) is 24.4 Å². The van der Waals surface area contributed by atoms with Crippen LogP contribution in [-0.4, -0.2) is 24.6 Å². The van der Waals surface area contributed by atoms with Crippen molar-refractivity contribution < 1.29 is 13.6 Å². The molecule has 0 spiro atoms. The lowest BCUT2D eigenvalue weighted by molar-refractivity contribution is -0.116. The van der Waals surface area contributed by atoms with E-state index in [2.05, 4.69) is 10.3 Å². The summed E-state index contributed by atoms with van der Waals surface area (Å²) in [6.45, 7) is 3.95. The maximum atomic E-state index is 14.0. The van der Waals surface area contributed by atoms with Crippen molar-refractivity contribution in [2.45, 2.75) is 33.5 Å². The zero-order valence-electron chi connectivity index (χ0n) is 18.7. The standard InChI is InChI=1S/C24H23F2N5O3/c1-15(2)11-29-14-27-22-21(29)23(33)31(24(34)30(22)12-16-6-4-3-5-7-16)13-20(32)28-19-9-8-17(25)10-18(19)26/h3-10,14-15H,11-13H2,1-2H3,(H,28,32). The third-order valence-corrected chi connectivity index (χ3v) is 5.24. The van der Waals surface area contributed by atoms with Gasteiger partial charge in [0, 0.05) is 12.6 Å². The molecule has 0 radical (unpaired) electrons. The van der Waals surface area contributed by atoms with Crippen LogP contribution in [0.4, 0.5) is 14.5 Å². The molecule has 4 aromatic rings. The molecule has 0 atom stereocenters. The average Bonchev–Trinajstić information content (AvgIpc) is 3.20. The number of aromatic nitrogens is 4. The van der Waals surface area contributed by atoms with E-state index in [-0.39, 0.29) is 29.3 Å². The van der Waals surface area contributed by atoms with E-state index in [0.717, 1.165) is 22.3 Å². The quantitative estimate of drug-likeness (QED) is 0.453. The van der Waals surface area contributed by atoms with Crippen LogP contribution in [0.5, 0.6) is 0 Å². The largest absolute Gasteiger partial charge is 0.333 e. The van der Waals surface area contributed by atoms with Crippen molar-refractivity contribution in [3.63, 3.8) is 0 Å². The second kappa shape index (κ2) is 9.42. The summed E-state index contributed by atoms with van der Waals surface area (Å²) < 4.78 is 30.9. The Bertz CT molecular complexity index is 1470. The number of imidazole rings is 1. The number of nitrogens with zero attached hydrogens (tertiary/aromatic N) is 4. The predicted octanol–water partition coefficient (Wildman–Crippen LogP) is 2.98. The van der Waals surface area contributed by atoms with Gasteiger partial charge in [-0.05, 0) is 23.6 Å². The summed E-state index contributed by atoms with van der Waals surface area (Å²) in [5.74, 6) is -2.36. The van der Waals surface area contributed by atoms with Crippen LogP contribution < -0.4 is 16.6 Å². The highest BCUT2D eigenvalue weighted by molar-refractivity contribution is 5.90. The molecular formula is C24H23F2N5O3. The van der Waals surface area contributed by atoms with Crippen molar-refractivity contribution in [3.8, 4) is 0 Å². The summed E-state index contributed by atoms with van der Waals surface area (Å²) in [5.41, 5.74) is -0.406. The lowest BCUT2D eigenvalue weighted by Crippen LogP contribution is -2.43. The summed E-state index contributed by atoms with van der Waals surface area (Å²) in [6.07, 6.45) is 1.51. The first kappa shape index (κ1) is 23.1. The van der Waals surface area contributed by atoms with Crippen LogP contribution in [0.3, 0.4) is 0 Å². The molecule has 0 fully saturated rings. The molecule has 0 aliphatic rings. The number of rotatable bonds is 7. The van der Waals surface area contributed by atoms with E-state index in [9.17, 15) is 23.2 Å². The topological polar surface area (TPSA) is 90.9 Å². The first-order chi connectivity index (χ1) is 16.2. The van der Waals surface area contributed by atoms with Crippen molar-refractivity contribution in [1.29, 1.82) is 0 Å². The molecule has 1 N–H and O–H groups in total. The fourth-order valence-electron chi connectivity index (χ4n) is 3.74. The molecule has 10 heteroatoms. The van der Waals surface area contributed by atoms with E-state index in [4.69, 9.17) is 0 Å². The number of fused-ring (bicyclic) bond motifs is 1. The van der Waals surface area contributed by atoms with E-state index < -0.39 is 35.3 Å². The van der Waals surface area contributed by atoms with Crippen LogP contribution in [0.1, 0.15) is 19.4 Å². The van der Waals surface area contributed by atoms with Crippen molar-refractivity contribution in [2.75, 3.05) is 5.32 Å². The summed E-state index contributed by atoms with van der Waals surface area (Å²) in [6, 6.07) is 11.9. The molecule has 34 heavy (non-hydrogen) atoms. The van der Waals surface area contributed by atoms with Gasteiger partial charge in [0.15, 0.2) is 11.2 Å². The van der Waals surface area contributed by atoms with Gasteiger partial charge in [-0.25, -0.2) is 23.1 Å². The van der Waals surface area contributed by atoms with Crippen LogP contribution in [0.25, 0.3) is 11.2 Å². The maximum absolute atomic E-state index is 14.0. The lowest BCUT2D eigenvalue weighted by Gasteiger charge is -2.14. The Morgan fingerprint density at radius 1 is 1.06 bits per heavy atom. The summed E-state index contributed by atoms with van der Waals surface area (Å²) in [5, 5.41) is 2.29. The molecular weight excluding hydrogens is 444 g/mol. The molecule has 2 heterocycles. The molecule has 0 aliphatic carbocycles. The second-order valence-corrected chi connectivity index (χ2v) is 8.38. The minimum Gasteiger partial charge on any atom is -0.324 e. The molecule has 2 aromatic carbocycles. The summed E-state index contributed by atoms with van der Waals surface area (Å²) >= 11 is 0. The van der Waals surface area contributed by atoms with Gasteiger partial charge in [-0.1, -0.05) is 44.2 Å². The number of amides is 1. The van der Waals surface area contributed by atoms with E-state index >= 15 is 0 Å². The van der Waals surface area contributed by atoms with Crippen molar-refractivity contribution in [3.05, 3.63) is 92.9 Å². The highest BCUT2D eigenvalue weighted by Gasteiger charge is 2.21. The van der Waals surface area contributed by atoms with Gasteiger partial charge in [0.05, 0.1) is 18.6 Å². The first-order valence-corrected chi connectivity index (χ1v) is 10.7. The van der Waals surface area contributed by atoms with E-state index in [1.165, 1.54) is 10.9 Å². The normalized spacial score (nSPS) is 11.3. The Morgan fingerprint density at radius 2 is 1.79 bits per heavy atom. The Morgan fingerprint density at radius 3 is 2.47 bits per heavy atom. The zero-order valence-corrected chi connectivity index (χ0v) is 18.7. The molecule has 8 nitrogen and oxygen atoms in total. The SMILES string of the molecule is CC(C)Cn1cnc2c1c(=O)n(CC(=O)Nc1ccc(F)cc1F)c(=O)n2Cc1ccccc1. The van der Waals surface area contributed by atoms with Crippen molar-refractivity contribution in [2.24, 2.45) is 5.92 Å². The smallest absolute Gasteiger partial charge is 0.324 e. The Kier molecular flexibility index (Phi) is 6.40. The number of halogens is 2. The fourth-order valence-corrected chi connectivity index (χ4v) is 3.74. The molecule has 0 aliphatic heterocycles. The van der Waals surface area contributed by atoms with Crippen LogP contribution in [0.15, 0.2) is 64.4 Å². The fraction of sp³-hybridized carbons (Fsp3) is 0.250. The van der Waals surface area contributed by atoms with Gasteiger partial charge in [0.2, 0.25) is 5.91 Å². The van der Waals surface area contributed by atoms with E-state index in [1.807, 2.05) is 44.2 Å². The summed E-state index contributed by atoms with van der Waals surface area (Å²) in [7, 11) is 0. The van der Waals surface area contributed by atoms with Gasteiger partial charge in [-0.2, -0.15) is 0 Å². The van der Waals surface area contributed by atoms with Gasteiger partial charge in [0.1, 0.15) is 18.2 Å². The van der Waals surface area contributed by atoms with Crippen LogP contribution >= 0.6 is 0 Å². The molecule has 0 bridgehead atoms. The third kappa shape index (κ3) is 4.66. The van der Waals surface area contributed by atoms with Gasteiger partial charge >= 0.3 is 5.69 Å². The Labute approximate surface area is 193 Å². The van der Waals surface area contributed by atoms with Crippen molar-refractivity contribution >= 4 is 22.8 Å². The van der Waals surface area contributed by atoms with E-state index in [1.54, 1.807) is 4.57 Å². The number of anilines is 1. The van der Waals surface area contributed by atoms with Gasteiger partial charge in [-0.3, -0.25) is 14.2 Å². The molecule has 0 saturated heterocycles. The Hall–Kier alpha value is -4.08. The molecule has 0 saturated carbocycles. The number of benzene rings is 2. The number of carbonyl (C=O) groups excluding carboxylic acids is 1. The summed E-state index contributed by atoms with van der Waals surface area (Å²) in [4.78, 5) is 43.6. The molecule has 1 amide bonds. The number of hydrogen-bond donors (Lipinski definition) is 1. The minimum atomic E-state index is -0.965. The van der Waals surface area contributed by atoms with Crippen LogP contribution in [0, 0.1) is 17.6 Å². The average molecular weight is 467 g/mol. The third-order valence-electron chi connectivity index (χ3n) is 5.24. The zero-order chi connectivity index (χ0) is 24.4. The molecule has 2 aromatic heterocycles. The Balaban J connectivity index is 1.79. The number of nitrogens with one attached hydrogen (secondary N) is 1. The van der Waals surface area contributed by atoms with Crippen LogP contribution in [0.2, 0.25) is 0 Å². The van der Waals surface area contributed by atoms with Gasteiger partial charge in [-0.15, -0.1) is 0 Å².